The van der Waals surface area contributed by atoms with Crippen LogP contribution in [-0.2, 0) is 4.74 Å². The fourth-order valence-electron chi connectivity index (χ4n) is 2.73. The minimum atomic E-state index is -0.412. The van der Waals surface area contributed by atoms with Crippen molar-refractivity contribution in [1.29, 1.82) is 0 Å². The molecule has 0 bridgehead atoms. The first-order valence-corrected chi connectivity index (χ1v) is 8.49. The van der Waals surface area contributed by atoms with Crippen molar-refractivity contribution in [3.63, 3.8) is 0 Å². The quantitative estimate of drug-likeness (QED) is 0.811. The summed E-state index contributed by atoms with van der Waals surface area (Å²) in [7, 11) is 0. The highest BCUT2D eigenvalue weighted by Crippen LogP contribution is 2.18. The first kappa shape index (κ1) is 18.3. The van der Waals surface area contributed by atoms with Gasteiger partial charge in [0, 0.05) is 25.2 Å². The molecule has 0 aromatic rings. The third-order valence-electron chi connectivity index (χ3n) is 4.19. The fourth-order valence-corrected chi connectivity index (χ4v) is 2.73. The van der Waals surface area contributed by atoms with Gasteiger partial charge >= 0.3 is 6.09 Å². The molecule has 0 spiro atoms. The summed E-state index contributed by atoms with van der Waals surface area (Å²) >= 11 is 0. The molecule has 3 unspecified atom stereocenters. The van der Waals surface area contributed by atoms with Crippen molar-refractivity contribution in [3.8, 4) is 0 Å². The molecule has 124 valence electrons. The summed E-state index contributed by atoms with van der Waals surface area (Å²) in [5.41, 5.74) is -0.412. The number of carbonyl (C=O) groups is 1. The van der Waals surface area contributed by atoms with Gasteiger partial charge in [-0.2, -0.15) is 0 Å². The number of nitrogens with zero attached hydrogens (tertiary/aromatic N) is 1. The highest BCUT2D eigenvalue weighted by atomic mass is 16.6. The summed E-state index contributed by atoms with van der Waals surface area (Å²) in [6.45, 7) is 14.1. The Labute approximate surface area is 130 Å². The molecular weight excluding hydrogens is 264 g/mol. The smallest absolute Gasteiger partial charge is 0.410 e. The van der Waals surface area contributed by atoms with Crippen molar-refractivity contribution >= 4 is 6.09 Å². The maximum atomic E-state index is 12.1. The van der Waals surface area contributed by atoms with Crippen LogP contribution in [0.25, 0.3) is 0 Å². The van der Waals surface area contributed by atoms with E-state index in [1.165, 1.54) is 12.8 Å². The van der Waals surface area contributed by atoms with Gasteiger partial charge in [-0.05, 0) is 46.0 Å². The molecule has 0 radical (unpaired) electrons. The molecule has 4 heteroatoms. The minimum Gasteiger partial charge on any atom is -0.444 e. The summed E-state index contributed by atoms with van der Waals surface area (Å²) in [5, 5.41) is 3.73. The van der Waals surface area contributed by atoms with E-state index in [0.717, 1.165) is 31.8 Å². The first-order valence-electron chi connectivity index (χ1n) is 8.49. The fraction of sp³-hybridized carbons (Fsp3) is 0.941. The number of likely N-dealkylation sites (tertiary alicyclic amines) is 1. The van der Waals surface area contributed by atoms with Gasteiger partial charge in [-0.25, -0.2) is 4.79 Å². The zero-order valence-electron chi connectivity index (χ0n) is 14.7. The number of carbonyl (C=O) groups excluding carboxylic acids is 1. The second kappa shape index (κ2) is 8.02. The van der Waals surface area contributed by atoms with E-state index in [2.05, 4.69) is 26.1 Å². The molecule has 0 aromatic heterocycles. The predicted molar refractivity (Wildman–Crippen MR) is 87.5 cm³/mol. The minimum absolute atomic E-state index is 0.179. The Morgan fingerprint density at radius 2 is 2.00 bits per heavy atom. The molecule has 1 aliphatic rings. The van der Waals surface area contributed by atoms with Gasteiger partial charge in [0.15, 0.2) is 0 Å². The SMILES string of the molecule is CCC(C)CC(CC)NC1CCN(C(=O)OC(C)(C)C)C1. The molecule has 1 fully saturated rings. The summed E-state index contributed by atoms with van der Waals surface area (Å²) in [4.78, 5) is 13.9. The molecule has 1 aliphatic heterocycles. The number of amides is 1. The number of hydrogen-bond donors (Lipinski definition) is 1. The second-order valence-corrected chi connectivity index (χ2v) is 7.43. The molecule has 3 atom stereocenters. The number of rotatable bonds is 6. The normalized spacial score (nSPS) is 22.2. The maximum absolute atomic E-state index is 12.1. The zero-order valence-corrected chi connectivity index (χ0v) is 14.7. The highest BCUT2D eigenvalue weighted by molar-refractivity contribution is 5.68. The topological polar surface area (TPSA) is 41.6 Å². The van der Waals surface area contributed by atoms with Gasteiger partial charge in [-0.15, -0.1) is 0 Å². The van der Waals surface area contributed by atoms with E-state index in [9.17, 15) is 4.79 Å². The summed E-state index contributed by atoms with van der Waals surface area (Å²) in [6.07, 6.45) is 4.44. The van der Waals surface area contributed by atoms with Crippen molar-refractivity contribution in [2.75, 3.05) is 13.1 Å². The second-order valence-electron chi connectivity index (χ2n) is 7.43. The van der Waals surface area contributed by atoms with E-state index in [1.807, 2.05) is 25.7 Å². The van der Waals surface area contributed by atoms with Crippen LogP contribution in [0.5, 0.6) is 0 Å². The Bertz CT molecular complexity index is 325. The lowest BCUT2D eigenvalue weighted by atomic mass is 9.97. The molecule has 1 saturated heterocycles. The Kier molecular flexibility index (Phi) is 6.98. The van der Waals surface area contributed by atoms with Gasteiger partial charge in [0.25, 0.3) is 0 Å². The van der Waals surface area contributed by atoms with E-state index in [4.69, 9.17) is 4.74 Å². The van der Waals surface area contributed by atoms with E-state index >= 15 is 0 Å². The Hall–Kier alpha value is -0.770. The van der Waals surface area contributed by atoms with Gasteiger partial charge in [0.2, 0.25) is 0 Å². The lowest BCUT2D eigenvalue weighted by Gasteiger charge is -2.26. The van der Waals surface area contributed by atoms with Crippen molar-refractivity contribution in [3.05, 3.63) is 0 Å². The first-order chi connectivity index (χ1) is 9.75. The molecule has 1 rings (SSSR count). The Balaban J connectivity index is 2.41. The maximum Gasteiger partial charge on any atom is 0.410 e. The van der Waals surface area contributed by atoms with Crippen molar-refractivity contribution in [1.82, 2.24) is 10.2 Å². The van der Waals surface area contributed by atoms with E-state index in [-0.39, 0.29) is 6.09 Å². The molecular formula is C17H34N2O2. The van der Waals surface area contributed by atoms with E-state index in [0.29, 0.717) is 12.1 Å². The van der Waals surface area contributed by atoms with Crippen LogP contribution in [0.3, 0.4) is 0 Å². The molecule has 0 aliphatic carbocycles. The standard InChI is InChI=1S/C17H34N2O2/c1-7-13(3)11-14(8-2)18-15-9-10-19(12-15)16(20)21-17(4,5)6/h13-15,18H,7-12H2,1-6H3. The predicted octanol–water partition coefficient (Wildman–Crippen LogP) is 3.80. The molecule has 1 heterocycles. The Morgan fingerprint density at radius 1 is 1.33 bits per heavy atom. The van der Waals surface area contributed by atoms with Crippen molar-refractivity contribution in [2.45, 2.75) is 84.9 Å². The van der Waals surface area contributed by atoms with Gasteiger partial charge < -0.3 is 15.0 Å². The van der Waals surface area contributed by atoms with Gasteiger partial charge in [-0.3, -0.25) is 0 Å². The molecule has 4 nitrogen and oxygen atoms in total. The van der Waals surface area contributed by atoms with E-state index in [1.54, 1.807) is 0 Å². The van der Waals surface area contributed by atoms with Gasteiger partial charge in [0.1, 0.15) is 5.60 Å². The third-order valence-corrected chi connectivity index (χ3v) is 4.19. The zero-order chi connectivity index (χ0) is 16.0. The van der Waals surface area contributed by atoms with Gasteiger partial charge in [-0.1, -0.05) is 27.2 Å². The number of nitrogens with one attached hydrogen (secondary N) is 1. The Morgan fingerprint density at radius 3 is 2.52 bits per heavy atom. The van der Waals surface area contributed by atoms with Crippen LogP contribution in [0.1, 0.15) is 67.2 Å². The van der Waals surface area contributed by atoms with Crippen LogP contribution in [0.2, 0.25) is 0 Å². The monoisotopic (exact) mass is 298 g/mol. The lowest BCUT2D eigenvalue weighted by Crippen LogP contribution is -2.42. The van der Waals surface area contributed by atoms with Gasteiger partial charge in [0.05, 0.1) is 0 Å². The largest absolute Gasteiger partial charge is 0.444 e. The van der Waals surface area contributed by atoms with Crippen molar-refractivity contribution in [2.24, 2.45) is 5.92 Å². The summed E-state index contributed by atoms with van der Waals surface area (Å²) < 4.78 is 5.44. The van der Waals surface area contributed by atoms with Crippen LogP contribution in [0.4, 0.5) is 4.79 Å². The average molecular weight is 298 g/mol. The van der Waals surface area contributed by atoms with Crippen molar-refractivity contribution < 1.29 is 9.53 Å². The van der Waals surface area contributed by atoms with Crippen LogP contribution < -0.4 is 5.32 Å². The van der Waals surface area contributed by atoms with Crippen LogP contribution in [-0.4, -0.2) is 41.8 Å². The van der Waals surface area contributed by atoms with Crippen LogP contribution >= 0.6 is 0 Å². The molecule has 1 N–H and O–H groups in total. The molecule has 1 amide bonds. The highest BCUT2D eigenvalue weighted by Gasteiger charge is 2.30. The van der Waals surface area contributed by atoms with Crippen LogP contribution in [0.15, 0.2) is 0 Å². The summed E-state index contributed by atoms with van der Waals surface area (Å²) in [5.74, 6) is 0.755. The third kappa shape index (κ3) is 6.68. The van der Waals surface area contributed by atoms with Crippen LogP contribution in [0, 0.1) is 5.92 Å². The summed E-state index contributed by atoms with van der Waals surface area (Å²) in [6, 6.07) is 0.968. The lowest BCUT2D eigenvalue weighted by molar-refractivity contribution is 0.0290. The number of ether oxygens (including phenoxy) is 1. The number of hydrogen-bond acceptors (Lipinski definition) is 3. The average Bonchev–Trinajstić information content (AvgIpc) is 2.84. The van der Waals surface area contributed by atoms with E-state index < -0.39 is 5.60 Å². The molecule has 0 saturated carbocycles. The molecule has 21 heavy (non-hydrogen) atoms. The molecule has 0 aromatic carbocycles.